The maximum absolute atomic E-state index is 12.6. The highest BCUT2D eigenvalue weighted by atomic mass is 79.9. The Hall–Kier alpha value is -2.07. The number of anilines is 1. The molecule has 1 aromatic heterocycles. The number of aromatic nitrogens is 2. The molecule has 1 aromatic carbocycles. The number of hydrogen-bond donors (Lipinski definition) is 1. The topological polar surface area (TPSA) is 99.6 Å². The molecule has 8 nitrogen and oxygen atoms in total. The molecule has 0 amide bonds. The van der Waals surface area contributed by atoms with Crippen LogP contribution in [-0.4, -0.2) is 39.7 Å². The molecule has 2 rings (SSSR count). The molecule has 2 aromatic rings. The number of benzene rings is 1. The highest BCUT2D eigenvalue weighted by Crippen LogP contribution is 2.29. The fraction of sp³-hybridized carbons (Fsp3) is 0.231. The summed E-state index contributed by atoms with van der Waals surface area (Å²) in [5, 5.41) is 0. The van der Waals surface area contributed by atoms with Crippen molar-refractivity contribution in [2.45, 2.75) is 4.90 Å². The highest BCUT2D eigenvalue weighted by Gasteiger charge is 2.22. The van der Waals surface area contributed by atoms with E-state index < -0.39 is 10.0 Å². The van der Waals surface area contributed by atoms with E-state index in [2.05, 4.69) is 30.6 Å². The van der Waals surface area contributed by atoms with Crippen LogP contribution in [0, 0.1) is 0 Å². The molecule has 0 radical (unpaired) electrons. The lowest BCUT2D eigenvalue weighted by Crippen LogP contribution is -2.16. The molecule has 23 heavy (non-hydrogen) atoms. The Bertz CT molecular complexity index is 791. The molecular formula is C13H14BrN3O5S. The molecule has 0 unspecified atom stereocenters. The molecule has 0 aliphatic rings. The molecule has 0 atom stereocenters. The minimum absolute atomic E-state index is 0.0558. The monoisotopic (exact) mass is 403 g/mol. The second kappa shape index (κ2) is 7.01. The summed E-state index contributed by atoms with van der Waals surface area (Å²) in [4.78, 5) is 7.81. The Morgan fingerprint density at radius 1 is 1.00 bits per heavy atom. The predicted molar refractivity (Wildman–Crippen MR) is 86.6 cm³/mol. The van der Waals surface area contributed by atoms with Crippen LogP contribution in [0.3, 0.4) is 0 Å². The van der Waals surface area contributed by atoms with Crippen molar-refractivity contribution >= 4 is 31.9 Å². The van der Waals surface area contributed by atoms with Gasteiger partial charge < -0.3 is 14.2 Å². The van der Waals surface area contributed by atoms with E-state index in [1.165, 1.54) is 39.5 Å². The zero-order chi connectivity index (χ0) is 17.0. The summed E-state index contributed by atoms with van der Waals surface area (Å²) in [5.74, 6) is 0.338. The predicted octanol–water partition coefficient (Wildman–Crippen LogP) is 2.07. The second-order valence-corrected chi connectivity index (χ2v) is 6.74. The average Bonchev–Trinajstić information content (AvgIpc) is 2.53. The zero-order valence-electron chi connectivity index (χ0n) is 12.5. The Kier molecular flexibility index (Phi) is 5.26. The van der Waals surface area contributed by atoms with Gasteiger partial charge in [-0.25, -0.2) is 13.1 Å². The zero-order valence-corrected chi connectivity index (χ0v) is 14.9. The lowest BCUT2D eigenvalue weighted by atomic mass is 10.3. The largest absolute Gasteiger partial charge is 0.495 e. The Labute approximate surface area is 142 Å². The molecule has 0 saturated heterocycles. The summed E-state index contributed by atoms with van der Waals surface area (Å²) in [5.41, 5.74) is 0. The molecule has 0 spiro atoms. The van der Waals surface area contributed by atoms with Crippen LogP contribution in [0.5, 0.6) is 17.5 Å². The van der Waals surface area contributed by atoms with E-state index in [4.69, 9.17) is 14.2 Å². The van der Waals surface area contributed by atoms with Gasteiger partial charge in [-0.05, 0) is 18.2 Å². The van der Waals surface area contributed by atoms with E-state index in [9.17, 15) is 8.42 Å². The molecule has 0 bridgehead atoms. The van der Waals surface area contributed by atoms with Gasteiger partial charge in [0.1, 0.15) is 10.6 Å². The summed E-state index contributed by atoms with van der Waals surface area (Å²) in [6.45, 7) is 0. The fourth-order valence-electron chi connectivity index (χ4n) is 1.69. The third-order valence-corrected chi connectivity index (χ3v) is 4.58. The van der Waals surface area contributed by atoms with Crippen LogP contribution in [0.15, 0.2) is 33.6 Å². The Morgan fingerprint density at radius 2 is 1.61 bits per heavy atom. The van der Waals surface area contributed by atoms with Gasteiger partial charge in [0.15, 0.2) is 0 Å². The molecule has 1 N–H and O–H groups in total. The summed E-state index contributed by atoms with van der Waals surface area (Å²) in [7, 11) is 0.213. The van der Waals surface area contributed by atoms with Crippen LogP contribution in [0.25, 0.3) is 0 Å². The van der Waals surface area contributed by atoms with E-state index in [1.54, 1.807) is 6.07 Å². The standard InChI is InChI=1S/C13H14BrN3O5S/c1-20-9-5-4-8(14)6-10(9)23(18,19)17-13-15-11(21-2)7-12(16-13)22-3/h4-7H,1-3H3,(H,15,16,17). The number of nitrogens with zero attached hydrogens (tertiary/aromatic N) is 2. The van der Waals surface area contributed by atoms with Crippen molar-refractivity contribution in [3.05, 3.63) is 28.7 Å². The Morgan fingerprint density at radius 3 is 2.13 bits per heavy atom. The Balaban J connectivity index is 2.44. The molecule has 10 heteroatoms. The highest BCUT2D eigenvalue weighted by molar-refractivity contribution is 9.10. The van der Waals surface area contributed by atoms with Gasteiger partial charge in [-0.1, -0.05) is 15.9 Å². The first-order valence-electron chi connectivity index (χ1n) is 6.23. The first kappa shape index (κ1) is 17.3. The molecule has 0 saturated carbocycles. The minimum atomic E-state index is -3.97. The van der Waals surface area contributed by atoms with Crippen molar-refractivity contribution in [3.63, 3.8) is 0 Å². The van der Waals surface area contributed by atoms with Crippen LogP contribution in [-0.2, 0) is 10.0 Å². The number of sulfonamides is 1. The van der Waals surface area contributed by atoms with Crippen molar-refractivity contribution in [3.8, 4) is 17.5 Å². The van der Waals surface area contributed by atoms with Crippen molar-refractivity contribution < 1.29 is 22.6 Å². The van der Waals surface area contributed by atoms with Gasteiger partial charge in [0, 0.05) is 4.47 Å². The van der Waals surface area contributed by atoms with Gasteiger partial charge in [0.05, 0.1) is 27.4 Å². The maximum atomic E-state index is 12.6. The van der Waals surface area contributed by atoms with Gasteiger partial charge in [0.25, 0.3) is 10.0 Å². The molecule has 1 heterocycles. The van der Waals surface area contributed by atoms with E-state index in [1.807, 2.05) is 0 Å². The summed E-state index contributed by atoms with van der Waals surface area (Å²) in [6.07, 6.45) is 0. The van der Waals surface area contributed by atoms with E-state index in [-0.39, 0.29) is 28.4 Å². The van der Waals surface area contributed by atoms with Gasteiger partial charge in [-0.15, -0.1) is 0 Å². The lowest BCUT2D eigenvalue weighted by molar-refractivity contribution is 0.373. The third kappa shape index (κ3) is 4.02. The smallest absolute Gasteiger partial charge is 0.267 e. The van der Waals surface area contributed by atoms with Crippen molar-refractivity contribution in [2.75, 3.05) is 26.1 Å². The van der Waals surface area contributed by atoms with Crippen molar-refractivity contribution in [1.82, 2.24) is 9.97 Å². The number of halogens is 1. The number of hydrogen-bond acceptors (Lipinski definition) is 7. The third-order valence-electron chi connectivity index (χ3n) is 2.74. The van der Waals surface area contributed by atoms with Crippen LogP contribution >= 0.6 is 15.9 Å². The minimum Gasteiger partial charge on any atom is -0.495 e. The molecule has 0 fully saturated rings. The molecule has 124 valence electrons. The molecule has 0 aliphatic heterocycles. The summed E-state index contributed by atoms with van der Waals surface area (Å²) < 4.78 is 43.0. The van der Waals surface area contributed by atoms with Crippen LogP contribution < -0.4 is 18.9 Å². The van der Waals surface area contributed by atoms with E-state index >= 15 is 0 Å². The van der Waals surface area contributed by atoms with E-state index in [0.29, 0.717) is 4.47 Å². The van der Waals surface area contributed by atoms with Gasteiger partial charge in [-0.2, -0.15) is 9.97 Å². The SMILES string of the molecule is COc1cc(OC)nc(NS(=O)(=O)c2cc(Br)ccc2OC)n1. The summed E-state index contributed by atoms with van der Waals surface area (Å²) in [6, 6.07) is 6.05. The van der Waals surface area contributed by atoms with Gasteiger partial charge >= 0.3 is 0 Å². The molecule has 0 aliphatic carbocycles. The summed E-state index contributed by atoms with van der Waals surface area (Å²) >= 11 is 3.23. The maximum Gasteiger partial charge on any atom is 0.267 e. The van der Waals surface area contributed by atoms with Crippen molar-refractivity contribution in [2.24, 2.45) is 0 Å². The number of rotatable bonds is 6. The van der Waals surface area contributed by atoms with Gasteiger partial charge in [0.2, 0.25) is 17.7 Å². The average molecular weight is 404 g/mol. The van der Waals surface area contributed by atoms with E-state index in [0.717, 1.165) is 0 Å². The van der Waals surface area contributed by atoms with Crippen LogP contribution in [0.2, 0.25) is 0 Å². The number of methoxy groups -OCH3 is 3. The first-order chi connectivity index (χ1) is 10.9. The van der Waals surface area contributed by atoms with Crippen LogP contribution in [0.4, 0.5) is 5.95 Å². The van der Waals surface area contributed by atoms with Crippen LogP contribution in [0.1, 0.15) is 0 Å². The molecular weight excluding hydrogens is 390 g/mol. The van der Waals surface area contributed by atoms with Gasteiger partial charge in [-0.3, -0.25) is 0 Å². The number of nitrogens with one attached hydrogen (secondary N) is 1. The lowest BCUT2D eigenvalue weighted by Gasteiger charge is -2.12. The number of ether oxygens (including phenoxy) is 3. The van der Waals surface area contributed by atoms with Crippen molar-refractivity contribution in [1.29, 1.82) is 0 Å². The normalized spacial score (nSPS) is 11.0. The first-order valence-corrected chi connectivity index (χ1v) is 8.50. The second-order valence-electron chi connectivity index (χ2n) is 4.18. The fourth-order valence-corrected chi connectivity index (χ4v) is 3.35. The quantitative estimate of drug-likeness (QED) is 0.787.